The number of nitrogens with zero attached hydrogens (tertiary/aromatic N) is 1. The minimum absolute atomic E-state index is 0.199. The Labute approximate surface area is 140 Å². The van der Waals surface area contributed by atoms with Gasteiger partial charge in [-0.15, -0.1) is 0 Å². The van der Waals surface area contributed by atoms with E-state index in [1.165, 1.54) is 7.11 Å². The van der Waals surface area contributed by atoms with Crippen LogP contribution in [0.15, 0.2) is 53.7 Å². The molecule has 7 heteroatoms. The van der Waals surface area contributed by atoms with Crippen molar-refractivity contribution in [1.29, 1.82) is 0 Å². The van der Waals surface area contributed by atoms with E-state index in [4.69, 9.17) is 20.0 Å². The molecule has 0 atom stereocenters. The van der Waals surface area contributed by atoms with Gasteiger partial charge in [-0.25, -0.2) is 0 Å². The van der Waals surface area contributed by atoms with Gasteiger partial charge in [0.15, 0.2) is 12.4 Å². The summed E-state index contributed by atoms with van der Waals surface area (Å²) >= 11 is 0. The molecular formula is C17H19N3O4. The first-order chi connectivity index (χ1) is 11.6. The lowest BCUT2D eigenvalue weighted by atomic mass is 10.2. The highest BCUT2D eigenvalue weighted by Crippen LogP contribution is 2.28. The zero-order valence-electron chi connectivity index (χ0n) is 13.5. The fourth-order valence-corrected chi connectivity index (χ4v) is 1.91. The Bertz CT molecular complexity index is 717. The van der Waals surface area contributed by atoms with E-state index in [0.717, 1.165) is 5.56 Å². The summed E-state index contributed by atoms with van der Waals surface area (Å²) in [6, 6.07) is 14.2. The van der Waals surface area contributed by atoms with Gasteiger partial charge >= 0.3 is 0 Å². The highest BCUT2D eigenvalue weighted by molar-refractivity contribution is 5.97. The Hall–Kier alpha value is -3.22. The third-order valence-corrected chi connectivity index (χ3v) is 3.11. The zero-order valence-corrected chi connectivity index (χ0v) is 13.5. The molecule has 7 nitrogen and oxygen atoms in total. The number of amides is 1. The van der Waals surface area contributed by atoms with Gasteiger partial charge in [0.05, 0.1) is 19.9 Å². The lowest BCUT2D eigenvalue weighted by Crippen LogP contribution is -2.19. The zero-order chi connectivity index (χ0) is 17.4. The molecule has 3 N–H and O–H groups in total. The van der Waals surface area contributed by atoms with E-state index in [2.05, 4.69) is 10.5 Å². The molecule has 0 aliphatic rings. The molecule has 0 aliphatic heterocycles. The fourth-order valence-electron chi connectivity index (χ4n) is 1.91. The molecule has 24 heavy (non-hydrogen) atoms. The van der Waals surface area contributed by atoms with Crippen LogP contribution in [-0.2, 0) is 9.63 Å². The molecular weight excluding hydrogens is 310 g/mol. The van der Waals surface area contributed by atoms with E-state index in [0.29, 0.717) is 17.2 Å². The molecule has 0 aliphatic carbocycles. The smallest absolute Gasteiger partial charge is 0.265 e. The lowest BCUT2D eigenvalue weighted by Gasteiger charge is -2.11. The summed E-state index contributed by atoms with van der Waals surface area (Å²) < 4.78 is 10.3. The molecule has 0 aromatic heterocycles. The molecule has 0 bridgehead atoms. The maximum Gasteiger partial charge on any atom is 0.265 e. The number of ether oxygens (including phenoxy) is 2. The lowest BCUT2D eigenvalue weighted by molar-refractivity contribution is -0.120. The van der Waals surface area contributed by atoms with Crippen molar-refractivity contribution in [1.82, 2.24) is 0 Å². The number of amidine groups is 1. The molecule has 0 radical (unpaired) electrons. The number of hydrogen-bond donors (Lipinski definition) is 2. The maximum absolute atomic E-state index is 11.9. The summed E-state index contributed by atoms with van der Waals surface area (Å²) in [5, 5.41) is 6.40. The van der Waals surface area contributed by atoms with Crippen molar-refractivity contribution >= 4 is 17.4 Å². The molecule has 0 saturated carbocycles. The molecule has 2 rings (SSSR count). The number of carbonyl (C=O) groups excluding carboxylic acids is 1. The first-order valence-corrected chi connectivity index (χ1v) is 7.16. The van der Waals surface area contributed by atoms with Crippen LogP contribution in [0.1, 0.15) is 5.56 Å². The normalized spacial score (nSPS) is 10.8. The molecule has 0 fully saturated rings. The van der Waals surface area contributed by atoms with Crippen molar-refractivity contribution in [2.75, 3.05) is 26.1 Å². The average Bonchev–Trinajstić information content (AvgIpc) is 2.62. The Morgan fingerprint density at radius 3 is 2.54 bits per heavy atom. The van der Waals surface area contributed by atoms with Crippen molar-refractivity contribution in [2.45, 2.75) is 0 Å². The Balaban J connectivity index is 1.92. The summed E-state index contributed by atoms with van der Waals surface area (Å²) in [6.07, 6.45) is 0. The van der Waals surface area contributed by atoms with E-state index in [9.17, 15) is 4.79 Å². The van der Waals surface area contributed by atoms with Gasteiger partial charge in [-0.05, 0) is 12.1 Å². The second-order valence-electron chi connectivity index (χ2n) is 4.73. The number of anilines is 1. The van der Waals surface area contributed by atoms with Crippen LogP contribution in [0, 0.1) is 0 Å². The minimum Gasteiger partial charge on any atom is -0.497 e. The van der Waals surface area contributed by atoms with Crippen molar-refractivity contribution in [3.63, 3.8) is 0 Å². The highest BCUT2D eigenvalue weighted by Gasteiger charge is 2.09. The van der Waals surface area contributed by atoms with E-state index in [-0.39, 0.29) is 18.3 Å². The highest BCUT2D eigenvalue weighted by atomic mass is 16.6. The van der Waals surface area contributed by atoms with E-state index < -0.39 is 0 Å². The number of rotatable bonds is 7. The first-order valence-electron chi connectivity index (χ1n) is 7.16. The molecule has 1 amide bonds. The van der Waals surface area contributed by atoms with Gasteiger partial charge in [-0.1, -0.05) is 35.5 Å². The number of carbonyl (C=O) groups is 1. The summed E-state index contributed by atoms with van der Waals surface area (Å²) in [7, 11) is 3.06. The van der Waals surface area contributed by atoms with E-state index in [1.807, 2.05) is 18.2 Å². The number of methoxy groups -OCH3 is 2. The van der Waals surface area contributed by atoms with Gasteiger partial charge in [-0.2, -0.15) is 0 Å². The second kappa shape index (κ2) is 8.42. The first kappa shape index (κ1) is 17.1. The number of oxime groups is 1. The van der Waals surface area contributed by atoms with Crippen molar-refractivity contribution < 1.29 is 19.1 Å². The number of hydrogen-bond acceptors (Lipinski definition) is 5. The molecule has 0 spiro atoms. The van der Waals surface area contributed by atoms with Gasteiger partial charge < -0.3 is 25.4 Å². The van der Waals surface area contributed by atoms with Gasteiger partial charge in [0.25, 0.3) is 5.91 Å². The molecule has 2 aromatic rings. The minimum atomic E-state index is -0.386. The topological polar surface area (TPSA) is 95.2 Å². The molecule has 0 heterocycles. The van der Waals surface area contributed by atoms with Gasteiger partial charge in [0.2, 0.25) is 0 Å². The van der Waals surface area contributed by atoms with Crippen molar-refractivity contribution in [3.8, 4) is 11.5 Å². The Morgan fingerprint density at radius 1 is 1.12 bits per heavy atom. The van der Waals surface area contributed by atoms with Crippen LogP contribution >= 0.6 is 0 Å². The van der Waals surface area contributed by atoms with Gasteiger partial charge in [0, 0.05) is 11.6 Å². The predicted octanol–water partition coefficient (Wildman–Crippen LogP) is 1.98. The number of nitrogens with one attached hydrogen (secondary N) is 1. The Kier molecular flexibility index (Phi) is 6.01. The second-order valence-corrected chi connectivity index (χ2v) is 4.73. The average molecular weight is 329 g/mol. The standard InChI is InChI=1S/C17H19N3O4/c1-22-13-8-9-14(15(10-13)23-2)19-16(21)11-24-20-17(18)12-6-4-3-5-7-12/h3-10H,11H2,1-2H3,(H2,18,20)(H,19,21). The molecule has 2 aromatic carbocycles. The van der Waals surface area contributed by atoms with Crippen molar-refractivity contribution in [3.05, 3.63) is 54.1 Å². The third kappa shape index (κ3) is 4.64. The summed E-state index contributed by atoms with van der Waals surface area (Å²) in [5.74, 6) is 0.921. The van der Waals surface area contributed by atoms with E-state index >= 15 is 0 Å². The van der Waals surface area contributed by atoms with Gasteiger partial charge in [0.1, 0.15) is 11.5 Å². The molecule has 0 saturated heterocycles. The predicted molar refractivity (Wildman–Crippen MR) is 91.3 cm³/mol. The van der Waals surface area contributed by atoms with E-state index in [1.54, 1.807) is 37.4 Å². The largest absolute Gasteiger partial charge is 0.497 e. The fraction of sp³-hybridized carbons (Fsp3) is 0.176. The summed E-state index contributed by atoms with van der Waals surface area (Å²) in [5.41, 5.74) is 6.99. The summed E-state index contributed by atoms with van der Waals surface area (Å²) in [6.45, 7) is -0.275. The van der Waals surface area contributed by atoms with Crippen LogP contribution < -0.4 is 20.5 Å². The van der Waals surface area contributed by atoms with Crippen LogP contribution in [0.5, 0.6) is 11.5 Å². The SMILES string of the molecule is COc1ccc(NC(=O)CO/N=C(/N)c2ccccc2)c(OC)c1. The Morgan fingerprint density at radius 2 is 1.88 bits per heavy atom. The number of benzene rings is 2. The molecule has 0 unspecified atom stereocenters. The van der Waals surface area contributed by atoms with Crippen LogP contribution in [0.4, 0.5) is 5.69 Å². The van der Waals surface area contributed by atoms with Crippen LogP contribution in [0.25, 0.3) is 0 Å². The summed E-state index contributed by atoms with van der Waals surface area (Å²) in [4.78, 5) is 16.9. The van der Waals surface area contributed by atoms with Crippen molar-refractivity contribution in [2.24, 2.45) is 10.9 Å². The van der Waals surface area contributed by atoms with Crippen LogP contribution in [0.2, 0.25) is 0 Å². The number of nitrogens with two attached hydrogens (primary N) is 1. The van der Waals surface area contributed by atoms with Crippen LogP contribution in [0.3, 0.4) is 0 Å². The quantitative estimate of drug-likeness (QED) is 0.460. The maximum atomic E-state index is 11.9. The van der Waals surface area contributed by atoms with Crippen LogP contribution in [-0.4, -0.2) is 32.6 Å². The monoisotopic (exact) mass is 329 g/mol. The third-order valence-electron chi connectivity index (χ3n) is 3.11. The molecule has 126 valence electrons. The van der Waals surface area contributed by atoms with Gasteiger partial charge in [-0.3, -0.25) is 4.79 Å².